The standard InChI is InChI=1S/C17H15FN2O.ClH/c1-2-5-15(19)12-6-3-4-7-13(12)17-14-10-11(18)8-9-16(14)21-20-17;/h2-4,6-10,15H,1,5,19H2;1H. The Labute approximate surface area is 134 Å². The van der Waals surface area contributed by atoms with Crippen molar-refractivity contribution in [3.63, 3.8) is 0 Å². The summed E-state index contributed by atoms with van der Waals surface area (Å²) in [4.78, 5) is 0. The molecule has 5 heteroatoms. The van der Waals surface area contributed by atoms with Gasteiger partial charge in [0.15, 0.2) is 5.58 Å². The van der Waals surface area contributed by atoms with E-state index in [0.717, 1.165) is 11.1 Å². The smallest absolute Gasteiger partial charge is 0.167 e. The van der Waals surface area contributed by atoms with Crippen LogP contribution >= 0.6 is 12.4 Å². The summed E-state index contributed by atoms with van der Waals surface area (Å²) in [5, 5.41) is 4.73. The molecule has 0 spiro atoms. The van der Waals surface area contributed by atoms with Crippen LogP contribution in [0.5, 0.6) is 0 Å². The molecule has 1 unspecified atom stereocenters. The molecule has 1 atom stereocenters. The van der Waals surface area contributed by atoms with Gasteiger partial charge in [0.25, 0.3) is 0 Å². The molecule has 0 bridgehead atoms. The van der Waals surface area contributed by atoms with E-state index in [1.807, 2.05) is 24.3 Å². The quantitative estimate of drug-likeness (QED) is 0.713. The highest BCUT2D eigenvalue weighted by molar-refractivity contribution is 5.92. The first-order valence-corrected chi connectivity index (χ1v) is 6.71. The Balaban J connectivity index is 0.00000176. The molecule has 2 aromatic carbocycles. The minimum Gasteiger partial charge on any atom is -0.356 e. The van der Waals surface area contributed by atoms with E-state index in [1.165, 1.54) is 12.1 Å². The van der Waals surface area contributed by atoms with Crippen molar-refractivity contribution in [2.24, 2.45) is 5.73 Å². The van der Waals surface area contributed by atoms with Gasteiger partial charge in [-0.3, -0.25) is 0 Å². The van der Waals surface area contributed by atoms with Crippen molar-refractivity contribution in [3.8, 4) is 11.3 Å². The maximum atomic E-state index is 13.5. The summed E-state index contributed by atoms with van der Waals surface area (Å²) >= 11 is 0. The first-order valence-electron chi connectivity index (χ1n) is 6.71. The number of hydrogen-bond acceptors (Lipinski definition) is 3. The second-order valence-electron chi connectivity index (χ2n) is 4.89. The molecule has 3 nitrogen and oxygen atoms in total. The van der Waals surface area contributed by atoms with Crippen molar-refractivity contribution in [1.29, 1.82) is 0 Å². The van der Waals surface area contributed by atoms with Crippen molar-refractivity contribution in [1.82, 2.24) is 5.16 Å². The van der Waals surface area contributed by atoms with Crippen LogP contribution < -0.4 is 5.73 Å². The van der Waals surface area contributed by atoms with Gasteiger partial charge in [-0.1, -0.05) is 35.5 Å². The number of halogens is 2. The summed E-state index contributed by atoms with van der Waals surface area (Å²) in [5.41, 5.74) is 9.15. The lowest BCUT2D eigenvalue weighted by Crippen LogP contribution is -2.10. The minimum atomic E-state index is -0.320. The van der Waals surface area contributed by atoms with Crippen LogP contribution in [-0.4, -0.2) is 5.16 Å². The Morgan fingerprint density at radius 1 is 1.27 bits per heavy atom. The third kappa shape index (κ3) is 2.89. The zero-order valence-electron chi connectivity index (χ0n) is 11.8. The van der Waals surface area contributed by atoms with Gasteiger partial charge in [-0.2, -0.15) is 0 Å². The van der Waals surface area contributed by atoms with E-state index in [4.69, 9.17) is 10.3 Å². The zero-order chi connectivity index (χ0) is 14.8. The molecule has 2 N–H and O–H groups in total. The molecule has 0 aliphatic heterocycles. The molecule has 1 aromatic heterocycles. The normalized spacial score (nSPS) is 11.9. The van der Waals surface area contributed by atoms with Crippen LogP contribution in [0.4, 0.5) is 4.39 Å². The van der Waals surface area contributed by atoms with Crippen LogP contribution in [0.1, 0.15) is 18.0 Å². The molecular weight excluding hydrogens is 303 g/mol. The molecule has 3 aromatic rings. The predicted octanol–water partition coefficient (Wildman–Crippen LogP) is 4.63. The third-order valence-corrected chi connectivity index (χ3v) is 3.47. The highest BCUT2D eigenvalue weighted by atomic mass is 35.5. The lowest BCUT2D eigenvalue weighted by Gasteiger charge is -2.13. The maximum absolute atomic E-state index is 13.5. The van der Waals surface area contributed by atoms with Crippen LogP contribution in [0.15, 0.2) is 59.6 Å². The topological polar surface area (TPSA) is 52.0 Å². The molecule has 22 heavy (non-hydrogen) atoms. The van der Waals surface area contributed by atoms with Gasteiger partial charge in [-0.15, -0.1) is 19.0 Å². The van der Waals surface area contributed by atoms with Crippen molar-refractivity contribution in [3.05, 3.63) is 66.5 Å². The molecule has 0 saturated carbocycles. The molecule has 0 aliphatic carbocycles. The number of hydrogen-bond donors (Lipinski definition) is 1. The first kappa shape index (κ1) is 16.2. The van der Waals surface area contributed by atoms with Gasteiger partial charge >= 0.3 is 0 Å². The summed E-state index contributed by atoms with van der Waals surface area (Å²) in [6.07, 6.45) is 2.43. The maximum Gasteiger partial charge on any atom is 0.167 e. The molecule has 3 rings (SSSR count). The second kappa shape index (κ2) is 6.73. The Morgan fingerprint density at radius 3 is 2.82 bits per heavy atom. The number of benzene rings is 2. The van der Waals surface area contributed by atoms with Crippen molar-refractivity contribution >= 4 is 23.4 Å². The highest BCUT2D eigenvalue weighted by Gasteiger charge is 2.17. The second-order valence-corrected chi connectivity index (χ2v) is 4.89. The third-order valence-electron chi connectivity index (χ3n) is 3.47. The summed E-state index contributed by atoms with van der Waals surface area (Å²) in [7, 11) is 0. The Kier molecular flexibility index (Phi) is 4.96. The Hall–Kier alpha value is -2.17. The Morgan fingerprint density at radius 2 is 2.05 bits per heavy atom. The molecule has 1 heterocycles. The number of aromatic nitrogens is 1. The fraction of sp³-hybridized carbons (Fsp3) is 0.118. The molecule has 0 amide bonds. The van der Waals surface area contributed by atoms with Gasteiger partial charge in [-0.05, 0) is 30.2 Å². The van der Waals surface area contributed by atoms with Gasteiger partial charge in [0.1, 0.15) is 11.5 Å². The number of rotatable bonds is 4. The average Bonchev–Trinajstić information content (AvgIpc) is 2.90. The monoisotopic (exact) mass is 318 g/mol. The molecule has 0 radical (unpaired) electrons. The van der Waals surface area contributed by atoms with Crippen molar-refractivity contribution in [2.45, 2.75) is 12.5 Å². The van der Waals surface area contributed by atoms with E-state index in [-0.39, 0.29) is 24.3 Å². The van der Waals surface area contributed by atoms with E-state index in [9.17, 15) is 4.39 Å². The van der Waals surface area contributed by atoms with Gasteiger partial charge in [-0.25, -0.2) is 4.39 Å². The lowest BCUT2D eigenvalue weighted by molar-refractivity contribution is 0.459. The number of fused-ring (bicyclic) bond motifs is 1. The van der Waals surface area contributed by atoms with Crippen LogP contribution in [0.2, 0.25) is 0 Å². The largest absolute Gasteiger partial charge is 0.356 e. The van der Waals surface area contributed by atoms with E-state index in [1.54, 1.807) is 12.1 Å². The average molecular weight is 319 g/mol. The van der Waals surface area contributed by atoms with E-state index in [0.29, 0.717) is 23.1 Å². The fourth-order valence-corrected chi connectivity index (χ4v) is 2.45. The van der Waals surface area contributed by atoms with Crippen LogP contribution in [0, 0.1) is 5.82 Å². The fourth-order valence-electron chi connectivity index (χ4n) is 2.45. The predicted molar refractivity (Wildman–Crippen MR) is 88.4 cm³/mol. The number of nitrogens with two attached hydrogens (primary N) is 1. The van der Waals surface area contributed by atoms with Crippen LogP contribution in [0.25, 0.3) is 22.2 Å². The van der Waals surface area contributed by atoms with Crippen LogP contribution in [0.3, 0.4) is 0 Å². The van der Waals surface area contributed by atoms with Gasteiger partial charge in [0.05, 0.1) is 5.39 Å². The Bertz CT molecular complexity index is 800. The van der Waals surface area contributed by atoms with Gasteiger partial charge < -0.3 is 10.3 Å². The summed E-state index contributed by atoms with van der Waals surface area (Å²) in [6, 6.07) is 11.9. The summed E-state index contributed by atoms with van der Waals surface area (Å²) in [6.45, 7) is 3.72. The SMILES string of the molecule is C=CCC(N)c1ccccc1-c1noc2ccc(F)cc12.Cl. The van der Waals surface area contributed by atoms with Gasteiger partial charge in [0, 0.05) is 11.6 Å². The van der Waals surface area contributed by atoms with Gasteiger partial charge in [0.2, 0.25) is 0 Å². The van der Waals surface area contributed by atoms with Crippen molar-refractivity contribution in [2.75, 3.05) is 0 Å². The molecule has 0 saturated heterocycles. The summed E-state index contributed by atoms with van der Waals surface area (Å²) in [5.74, 6) is -0.320. The highest BCUT2D eigenvalue weighted by Crippen LogP contribution is 2.33. The minimum absolute atomic E-state index is 0. The zero-order valence-corrected chi connectivity index (χ0v) is 12.6. The van der Waals surface area contributed by atoms with E-state index in [2.05, 4.69) is 11.7 Å². The number of nitrogens with zero attached hydrogens (tertiary/aromatic N) is 1. The van der Waals surface area contributed by atoms with E-state index < -0.39 is 0 Å². The first-order chi connectivity index (χ1) is 10.2. The van der Waals surface area contributed by atoms with Crippen LogP contribution in [-0.2, 0) is 0 Å². The molecule has 0 fully saturated rings. The van der Waals surface area contributed by atoms with Crippen molar-refractivity contribution < 1.29 is 8.91 Å². The molecular formula is C17H16ClFN2O. The lowest BCUT2D eigenvalue weighted by atomic mass is 9.95. The van der Waals surface area contributed by atoms with E-state index >= 15 is 0 Å². The molecule has 114 valence electrons. The summed E-state index contributed by atoms with van der Waals surface area (Å²) < 4.78 is 18.8. The molecule has 0 aliphatic rings.